The first-order valence-electron chi connectivity index (χ1n) is 23.4. The van der Waals surface area contributed by atoms with Gasteiger partial charge in [0.25, 0.3) is 0 Å². The van der Waals surface area contributed by atoms with E-state index in [1.54, 1.807) is 0 Å². The van der Waals surface area contributed by atoms with Crippen molar-refractivity contribution in [3.63, 3.8) is 0 Å². The normalized spacial score (nSPS) is 13.1. The molecule has 12 heteroatoms. The highest BCUT2D eigenvalue weighted by molar-refractivity contribution is 5.78. The van der Waals surface area contributed by atoms with Crippen LogP contribution in [0.5, 0.6) is 34.5 Å². The Balaban J connectivity index is 1.66. The van der Waals surface area contributed by atoms with Gasteiger partial charge in [-0.25, -0.2) is 0 Å². The molecule has 7 rings (SSSR count). The molecule has 0 radical (unpaired) electrons. The van der Waals surface area contributed by atoms with E-state index in [-0.39, 0.29) is 82.1 Å². The summed E-state index contributed by atoms with van der Waals surface area (Å²) in [6, 6.07) is 23.9. The van der Waals surface area contributed by atoms with E-state index in [2.05, 4.69) is 83.1 Å². The highest BCUT2D eigenvalue weighted by Gasteiger charge is 2.31. The molecule has 1 aliphatic rings. The van der Waals surface area contributed by atoms with Gasteiger partial charge in [-0.15, -0.1) is 0 Å². The Labute approximate surface area is 409 Å². The lowest BCUT2D eigenvalue weighted by atomic mass is 9.79. The van der Waals surface area contributed by atoms with Crippen LogP contribution in [0.2, 0.25) is 0 Å². The lowest BCUT2D eigenvalue weighted by Gasteiger charge is -2.28. The van der Waals surface area contributed by atoms with Crippen LogP contribution in [0.15, 0.2) is 84.9 Å². The number of hydrogen-bond donors (Lipinski definition) is 2. The third-order valence-electron chi connectivity index (χ3n) is 13.1. The second-order valence-electron chi connectivity index (χ2n) is 22.6. The highest BCUT2D eigenvalue weighted by Crippen LogP contribution is 2.47. The number of nitro benzene ring substituents is 2. The molecule has 8 bridgehead atoms. The molecule has 0 fully saturated rings. The van der Waals surface area contributed by atoms with Crippen molar-refractivity contribution in [2.75, 3.05) is 0 Å². The first kappa shape index (κ1) is 50.5. The maximum Gasteiger partial charge on any atom is 0.312 e. The van der Waals surface area contributed by atoms with Crippen LogP contribution in [-0.4, -0.2) is 32.6 Å². The van der Waals surface area contributed by atoms with Gasteiger partial charge in [0.1, 0.15) is 35.6 Å². The Morgan fingerprint density at radius 3 is 0.914 bits per heavy atom. The van der Waals surface area contributed by atoms with Gasteiger partial charge >= 0.3 is 11.4 Å². The van der Waals surface area contributed by atoms with E-state index in [1.807, 2.05) is 48.5 Å². The number of phenols is 2. The van der Waals surface area contributed by atoms with Gasteiger partial charge in [-0.3, -0.25) is 29.8 Å². The number of fused-ring (bicyclic) bond motifs is 8. The summed E-state index contributed by atoms with van der Waals surface area (Å²) in [7, 11) is 0. The monoisotopic (exact) mass is 946 g/mol. The molecule has 12 nitrogen and oxygen atoms in total. The van der Waals surface area contributed by atoms with Crippen LogP contribution >= 0.6 is 0 Å². The van der Waals surface area contributed by atoms with Crippen molar-refractivity contribution in [2.45, 2.75) is 130 Å². The second kappa shape index (κ2) is 18.5. The fraction of sp³-hybridized carbons (Fsp3) is 0.345. The minimum Gasteiger partial charge on any atom is -0.507 e. The molecule has 6 aromatic carbocycles. The molecule has 0 saturated heterocycles. The molecule has 0 amide bonds. The standard InChI is InChI=1S/C58H62N2O10/c1-55(2,3)43-23-35-19-36-24-44(56(4,5)6)26-38(52(36)64)21-40-28-46(58(10,11)12)30-42(54(40)70-50-16-14-34(32-62)18-48(50)60(67)68)22-41-29-45(57(7,8)9)27-39(20-37(25-43)51(35)63)53(41)69-49-15-13-33(31-61)17-47(49)59(65)66/h13-18,23-32,63-64H,19-22H2,1-12H3. The van der Waals surface area contributed by atoms with Gasteiger partial charge < -0.3 is 19.7 Å². The number of aromatic hydroxyl groups is 2. The van der Waals surface area contributed by atoms with Gasteiger partial charge in [-0.05, 0) is 113 Å². The molecule has 0 spiro atoms. The Morgan fingerprint density at radius 1 is 0.429 bits per heavy atom. The summed E-state index contributed by atoms with van der Waals surface area (Å²) in [4.78, 5) is 47.9. The fourth-order valence-electron chi connectivity index (χ4n) is 8.80. The zero-order chi connectivity index (χ0) is 51.4. The van der Waals surface area contributed by atoms with Gasteiger partial charge in [-0.1, -0.05) is 132 Å². The van der Waals surface area contributed by atoms with E-state index in [9.17, 15) is 40.0 Å². The number of nitrogens with zero attached hydrogens (tertiary/aromatic N) is 2. The lowest BCUT2D eigenvalue weighted by molar-refractivity contribution is -0.385. The molecule has 0 heterocycles. The quantitative estimate of drug-likeness (QED) is 0.0846. The molecule has 364 valence electrons. The van der Waals surface area contributed by atoms with Crippen LogP contribution in [-0.2, 0) is 47.3 Å². The number of benzene rings is 6. The maximum atomic E-state index is 12.7. The van der Waals surface area contributed by atoms with E-state index in [4.69, 9.17) is 9.47 Å². The third-order valence-corrected chi connectivity index (χ3v) is 13.1. The SMILES string of the molecule is CC(C)(C)c1cc2c(O)c(c1)Cc1cc(C(C)(C)C)cc(c1Oc1ccc(C=O)cc1[N+](=O)[O-])Cc1cc(C(C)(C)C)cc(c1Oc1ccc(C=O)cc1[N+](=O)[O-])Cc1cc(C(C)(C)C)cc(c1O)C2. The first-order chi connectivity index (χ1) is 32.5. The number of phenolic OH excluding ortho intramolecular Hbond substituents is 2. The highest BCUT2D eigenvalue weighted by atomic mass is 16.6. The zero-order valence-electron chi connectivity index (χ0n) is 42.1. The Kier molecular flexibility index (Phi) is 13.4. The average Bonchev–Trinajstić information content (AvgIpc) is 3.26. The van der Waals surface area contributed by atoms with Crippen LogP contribution in [0.3, 0.4) is 0 Å². The molecule has 1 aliphatic carbocycles. The average molecular weight is 947 g/mol. The van der Waals surface area contributed by atoms with Gasteiger partial charge in [0.05, 0.1) is 9.85 Å². The summed E-state index contributed by atoms with van der Waals surface area (Å²) in [6.07, 6.45) is 1.50. The number of aldehydes is 2. The zero-order valence-corrected chi connectivity index (χ0v) is 42.1. The van der Waals surface area contributed by atoms with Crippen molar-refractivity contribution < 1.29 is 39.1 Å². The first-order valence-corrected chi connectivity index (χ1v) is 23.4. The molecule has 2 N–H and O–H groups in total. The van der Waals surface area contributed by atoms with Crippen molar-refractivity contribution in [3.8, 4) is 34.5 Å². The summed E-state index contributed by atoms with van der Waals surface area (Å²) in [5, 5.41) is 50.3. The van der Waals surface area contributed by atoms with Crippen molar-refractivity contribution in [2.24, 2.45) is 0 Å². The minimum atomic E-state index is -0.600. The van der Waals surface area contributed by atoms with Crippen LogP contribution in [0.25, 0.3) is 0 Å². The van der Waals surface area contributed by atoms with Crippen LogP contribution in [0, 0.1) is 20.2 Å². The largest absolute Gasteiger partial charge is 0.507 e. The number of ether oxygens (including phenoxy) is 2. The number of rotatable bonds is 8. The number of hydrogen-bond acceptors (Lipinski definition) is 10. The molecule has 6 aromatic rings. The fourth-order valence-corrected chi connectivity index (χ4v) is 8.80. The molecule has 70 heavy (non-hydrogen) atoms. The summed E-state index contributed by atoms with van der Waals surface area (Å²) in [5.74, 6) is 0.401. The number of carbonyl (C=O) groups excluding carboxylic acids is 2. The maximum absolute atomic E-state index is 12.7. The van der Waals surface area contributed by atoms with Crippen LogP contribution in [0.1, 0.15) is 171 Å². The summed E-state index contributed by atoms with van der Waals surface area (Å²) in [5.41, 5.74) is 6.05. The topological polar surface area (TPSA) is 179 Å². The molecule has 0 atom stereocenters. The van der Waals surface area contributed by atoms with Gasteiger partial charge in [0.15, 0.2) is 0 Å². The summed E-state index contributed by atoms with van der Waals surface area (Å²) in [6.45, 7) is 25.0. The number of nitro groups is 2. The Bertz CT molecular complexity index is 2900. The summed E-state index contributed by atoms with van der Waals surface area (Å²) >= 11 is 0. The smallest absolute Gasteiger partial charge is 0.312 e. The van der Waals surface area contributed by atoms with Gasteiger partial charge in [0, 0.05) is 48.9 Å². The van der Waals surface area contributed by atoms with Gasteiger partial charge in [-0.2, -0.15) is 0 Å². The summed E-state index contributed by atoms with van der Waals surface area (Å²) < 4.78 is 13.6. The van der Waals surface area contributed by atoms with Gasteiger partial charge in [0.2, 0.25) is 11.5 Å². The van der Waals surface area contributed by atoms with Crippen molar-refractivity contribution in [1.29, 1.82) is 0 Å². The number of carbonyl (C=O) groups is 2. The van der Waals surface area contributed by atoms with Crippen molar-refractivity contribution >= 4 is 23.9 Å². The second-order valence-corrected chi connectivity index (χ2v) is 22.6. The predicted octanol–water partition coefficient (Wildman–Crippen LogP) is 14.0. The molecular formula is C58H62N2O10. The molecule has 0 unspecified atom stereocenters. The molecule has 0 aromatic heterocycles. The molecule has 0 aliphatic heterocycles. The van der Waals surface area contributed by atoms with E-state index >= 15 is 0 Å². The van der Waals surface area contributed by atoms with Crippen LogP contribution in [0.4, 0.5) is 11.4 Å². The van der Waals surface area contributed by atoms with Crippen molar-refractivity contribution in [1.82, 2.24) is 0 Å². The van der Waals surface area contributed by atoms with E-state index in [0.717, 1.165) is 34.4 Å². The third kappa shape index (κ3) is 10.6. The Morgan fingerprint density at radius 2 is 0.671 bits per heavy atom. The van der Waals surface area contributed by atoms with E-state index in [1.165, 1.54) is 24.3 Å². The van der Waals surface area contributed by atoms with E-state index in [0.29, 0.717) is 57.1 Å². The molecular weight excluding hydrogens is 885 g/mol. The minimum absolute atomic E-state index is 0.0371. The Hall–Kier alpha value is -7.34. The van der Waals surface area contributed by atoms with Crippen LogP contribution < -0.4 is 9.47 Å². The predicted molar refractivity (Wildman–Crippen MR) is 272 cm³/mol. The molecule has 0 saturated carbocycles. The van der Waals surface area contributed by atoms with E-state index < -0.39 is 32.1 Å². The van der Waals surface area contributed by atoms with Crippen molar-refractivity contribution in [3.05, 3.63) is 183 Å². The lowest BCUT2D eigenvalue weighted by Crippen LogP contribution is -2.16.